The summed E-state index contributed by atoms with van der Waals surface area (Å²) in [6.07, 6.45) is 1.41. The lowest BCUT2D eigenvalue weighted by molar-refractivity contribution is -0.142. The van der Waals surface area contributed by atoms with Gasteiger partial charge in [0.2, 0.25) is 11.8 Å². The third-order valence-electron chi connectivity index (χ3n) is 5.05. The fourth-order valence-corrected chi connectivity index (χ4v) is 3.66. The van der Waals surface area contributed by atoms with Crippen molar-refractivity contribution in [2.24, 2.45) is 5.92 Å². The van der Waals surface area contributed by atoms with Crippen LogP contribution in [0.2, 0.25) is 0 Å². The highest BCUT2D eigenvalue weighted by atomic mass is 35.5. The van der Waals surface area contributed by atoms with Crippen LogP contribution in [0, 0.1) is 11.7 Å². The molecule has 2 saturated heterocycles. The van der Waals surface area contributed by atoms with Crippen molar-refractivity contribution in [1.29, 1.82) is 0 Å². The number of hydrogen-bond acceptors (Lipinski definition) is 3. The molecule has 1 N–H and O–H groups in total. The number of piperazine rings is 1. The topological polar surface area (TPSA) is 52.7 Å². The molecule has 2 fully saturated rings. The van der Waals surface area contributed by atoms with E-state index in [-0.39, 0.29) is 42.0 Å². The molecule has 0 radical (unpaired) electrons. The summed E-state index contributed by atoms with van der Waals surface area (Å²) in [5.41, 5.74) is 0.830. The Labute approximate surface area is 154 Å². The molecule has 1 unspecified atom stereocenters. The number of benzene rings is 1. The molecule has 0 spiro atoms. The lowest BCUT2D eigenvalue weighted by Gasteiger charge is -2.40. The van der Waals surface area contributed by atoms with Crippen molar-refractivity contribution >= 4 is 24.2 Å². The van der Waals surface area contributed by atoms with Crippen molar-refractivity contribution in [3.05, 3.63) is 35.6 Å². The fraction of sp³-hybridized carbons (Fsp3) is 0.556. The Bertz CT molecular complexity index is 620. The minimum Gasteiger partial charge on any atom is -0.343 e. The van der Waals surface area contributed by atoms with Gasteiger partial charge in [0.25, 0.3) is 0 Å². The quantitative estimate of drug-likeness (QED) is 0.867. The third kappa shape index (κ3) is 4.50. The lowest BCUT2D eigenvalue weighted by Crippen LogP contribution is -2.52. The smallest absolute Gasteiger partial charge is 0.226 e. The zero-order valence-electron chi connectivity index (χ0n) is 14.4. The van der Waals surface area contributed by atoms with Crippen LogP contribution in [-0.4, -0.2) is 54.3 Å². The number of amides is 2. The Balaban J connectivity index is 0.00000225. The molecule has 7 heteroatoms. The number of nitrogens with one attached hydrogen (secondary N) is 1. The molecule has 25 heavy (non-hydrogen) atoms. The maximum atomic E-state index is 13.6. The number of halogens is 2. The van der Waals surface area contributed by atoms with Crippen molar-refractivity contribution in [2.45, 2.75) is 25.8 Å². The van der Waals surface area contributed by atoms with Crippen LogP contribution in [0.15, 0.2) is 24.3 Å². The van der Waals surface area contributed by atoms with Gasteiger partial charge in [0.05, 0.1) is 6.04 Å². The molecule has 138 valence electrons. The summed E-state index contributed by atoms with van der Waals surface area (Å²) in [6.45, 7) is 4.88. The van der Waals surface area contributed by atoms with Gasteiger partial charge in [-0.1, -0.05) is 12.1 Å². The monoisotopic (exact) mass is 369 g/mol. The molecule has 0 bridgehead atoms. The van der Waals surface area contributed by atoms with E-state index in [4.69, 9.17) is 0 Å². The minimum absolute atomic E-state index is 0. The summed E-state index contributed by atoms with van der Waals surface area (Å²) in [5.74, 6) is -0.121. The van der Waals surface area contributed by atoms with Gasteiger partial charge in [0.1, 0.15) is 5.82 Å². The summed E-state index contributed by atoms with van der Waals surface area (Å²) in [4.78, 5) is 28.1. The molecule has 1 aromatic carbocycles. The van der Waals surface area contributed by atoms with Gasteiger partial charge in [-0.2, -0.15) is 0 Å². The van der Waals surface area contributed by atoms with E-state index in [1.807, 2.05) is 11.0 Å². The van der Waals surface area contributed by atoms with E-state index >= 15 is 0 Å². The molecule has 1 aromatic rings. The Hall–Kier alpha value is -1.66. The van der Waals surface area contributed by atoms with E-state index in [1.54, 1.807) is 17.9 Å². The largest absolute Gasteiger partial charge is 0.343 e. The average Bonchev–Trinajstić information content (AvgIpc) is 2.61. The predicted octanol–water partition coefficient (Wildman–Crippen LogP) is 1.98. The van der Waals surface area contributed by atoms with E-state index < -0.39 is 0 Å². The van der Waals surface area contributed by atoms with Crippen molar-refractivity contribution in [1.82, 2.24) is 15.1 Å². The van der Waals surface area contributed by atoms with Crippen molar-refractivity contribution in [2.75, 3.05) is 32.7 Å². The Morgan fingerprint density at radius 3 is 2.56 bits per heavy atom. The first-order chi connectivity index (χ1) is 11.6. The first-order valence-electron chi connectivity index (χ1n) is 8.58. The van der Waals surface area contributed by atoms with E-state index in [1.165, 1.54) is 12.1 Å². The number of rotatable bonds is 2. The van der Waals surface area contributed by atoms with Crippen LogP contribution >= 0.6 is 12.4 Å². The molecule has 3 rings (SSSR count). The first kappa shape index (κ1) is 19.7. The molecule has 2 aliphatic rings. The maximum absolute atomic E-state index is 13.6. The Morgan fingerprint density at radius 2 is 1.92 bits per heavy atom. The number of likely N-dealkylation sites (tertiary alicyclic amines) is 1. The number of nitrogens with zero attached hydrogens (tertiary/aromatic N) is 2. The van der Waals surface area contributed by atoms with E-state index in [0.717, 1.165) is 12.1 Å². The molecular weight excluding hydrogens is 345 g/mol. The molecular formula is C18H25ClFN3O2. The predicted molar refractivity (Wildman–Crippen MR) is 95.9 cm³/mol. The summed E-state index contributed by atoms with van der Waals surface area (Å²) < 4.78 is 13.6. The number of piperidine rings is 1. The zero-order valence-corrected chi connectivity index (χ0v) is 15.2. The average molecular weight is 370 g/mol. The zero-order chi connectivity index (χ0) is 17.1. The molecule has 2 amide bonds. The van der Waals surface area contributed by atoms with Crippen LogP contribution in [-0.2, 0) is 9.59 Å². The maximum Gasteiger partial charge on any atom is 0.226 e. The van der Waals surface area contributed by atoms with Crippen LogP contribution in [0.3, 0.4) is 0 Å². The molecule has 0 aliphatic carbocycles. The molecule has 0 aromatic heterocycles. The fourth-order valence-electron chi connectivity index (χ4n) is 3.66. The SMILES string of the molecule is CC(=O)N1CCC(C(=O)N2CCNCC2c2cccc(F)c2)CC1.Cl. The number of carbonyl (C=O) groups excluding carboxylic acids is 2. The van der Waals surface area contributed by atoms with Crippen LogP contribution < -0.4 is 5.32 Å². The Morgan fingerprint density at radius 1 is 1.20 bits per heavy atom. The van der Waals surface area contributed by atoms with Crippen molar-refractivity contribution in [3.63, 3.8) is 0 Å². The summed E-state index contributed by atoms with van der Waals surface area (Å²) in [6, 6.07) is 6.36. The van der Waals surface area contributed by atoms with Gasteiger partial charge >= 0.3 is 0 Å². The van der Waals surface area contributed by atoms with E-state index in [0.29, 0.717) is 39.0 Å². The standard InChI is InChI=1S/C18H24FN3O2.ClH/c1-13(23)21-8-5-14(6-9-21)18(24)22-10-7-20-12-17(22)15-3-2-4-16(19)11-15;/h2-4,11,14,17,20H,5-10,12H2,1H3;1H. The second kappa shape index (κ2) is 8.63. The van der Waals surface area contributed by atoms with Gasteiger partial charge < -0.3 is 15.1 Å². The summed E-state index contributed by atoms with van der Waals surface area (Å²) >= 11 is 0. The molecule has 1 atom stereocenters. The van der Waals surface area contributed by atoms with Gasteiger partial charge in [0, 0.05) is 45.6 Å². The minimum atomic E-state index is -0.278. The van der Waals surface area contributed by atoms with Gasteiger partial charge in [-0.05, 0) is 30.5 Å². The second-order valence-electron chi connectivity index (χ2n) is 6.59. The highest BCUT2D eigenvalue weighted by molar-refractivity contribution is 5.85. The summed E-state index contributed by atoms with van der Waals surface area (Å²) in [5, 5.41) is 3.29. The molecule has 2 heterocycles. The van der Waals surface area contributed by atoms with Gasteiger partial charge in [-0.15, -0.1) is 12.4 Å². The molecule has 2 aliphatic heterocycles. The van der Waals surface area contributed by atoms with Gasteiger partial charge in [0.15, 0.2) is 0 Å². The van der Waals surface area contributed by atoms with Crippen molar-refractivity contribution in [3.8, 4) is 0 Å². The van der Waals surface area contributed by atoms with Gasteiger partial charge in [-0.3, -0.25) is 9.59 Å². The van der Waals surface area contributed by atoms with E-state index in [2.05, 4.69) is 5.32 Å². The van der Waals surface area contributed by atoms with Crippen LogP contribution in [0.25, 0.3) is 0 Å². The number of hydrogen-bond donors (Lipinski definition) is 1. The summed E-state index contributed by atoms with van der Waals surface area (Å²) in [7, 11) is 0. The Kier molecular flexibility index (Phi) is 6.79. The van der Waals surface area contributed by atoms with Gasteiger partial charge in [-0.25, -0.2) is 4.39 Å². The normalized spacial score (nSPS) is 21.6. The van der Waals surface area contributed by atoms with Crippen LogP contribution in [0.5, 0.6) is 0 Å². The van der Waals surface area contributed by atoms with Crippen LogP contribution in [0.1, 0.15) is 31.4 Å². The first-order valence-corrected chi connectivity index (χ1v) is 8.58. The highest BCUT2D eigenvalue weighted by Gasteiger charge is 2.34. The third-order valence-corrected chi connectivity index (χ3v) is 5.05. The van der Waals surface area contributed by atoms with Crippen molar-refractivity contribution < 1.29 is 14.0 Å². The lowest BCUT2D eigenvalue weighted by atomic mass is 9.93. The highest BCUT2D eigenvalue weighted by Crippen LogP contribution is 2.28. The second-order valence-corrected chi connectivity index (χ2v) is 6.59. The number of carbonyl (C=O) groups is 2. The molecule has 5 nitrogen and oxygen atoms in total. The van der Waals surface area contributed by atoms with Crippen LogP contribution in [0.4, 0.5) is 4.39 Å². The van der Waals surface area contributed by atoms with E-state index in [9.17, 15) is 14.0 Å². The molecule has 0 saturated carbocycles.